The lowest BCUT2D eigenvalue weighted by Crippen LogP contribution is -2.66. The summed E-state index contributed by atoms with van der Waals surface area (Å²) < 4.78 is 35.9. The first kappa shape index (κ1) is 22.1. The number of esters is 4. The molecule has 0 aliphatic carbocycles. The van der Waals surface area contributed by atoms with Crippen LogP contribution in [0.5, 0.6) is 0 Å². The second-order valence-corrected chi connectivity index (χ2v) is 6.97. The van der Waals surface area contributed by atoms with Crippen LogP contribution in [0, 0.1) is 0 Å². The SMILES string of the molecule is [2H]C1(S)O[C@H](COC(C)=O)[C@@H](OC(C)=O)[C@H](OC(C)=O)[C@@]1(OC(C)=O)c1ccccc1. The molecule has 0 amide bonds. The smallest absolute Gasteiger partial charge is 0.303 e. The number of hydrogen-bond donors (Lipinski definition) is 1. The fraction of sp³-hybridized carbons (Fsp3) is 0.500. The summed E-state index contributed by atoms with van der Waals surface area (Å²) in [5.74, 6) is -3.04. The molecule has 0 bridgehead atoms. The largest absolute Gasteiger partial charge is 0.463 e. The quantitative estimate of drug-likeness (QED) is 0.399. The van der Waals surface area contributed by atoms with Crippen LogP contribution in [0.25, 0.3) is 0 Å². The standard InChI is InChI=1S/C20H24O9S/c1-11(21)25-10-16-17(26-12(2)22)18(27-13(3)23)20(19(30)28-16,29-14(4)24)15-8-6-5-7-9-15/h5-9,16-19,30H,10H2,1-4H3/t16-,17-,18+,19?,20+/m1/s1/i19D. The molecule has 1 saturated heterocycles. The van der Waals surface area contributed by atoms with Gasteiger partial charge in [0, 0.05) is 33.3 Å². The maximum Gasteiger partial charge on any atom is 0.303 e. The summed E-state index contributed by atoms with van der Waals surface area (Å²) in [5.41, 5.74) is -4.27. The summed E-state index contributed by atoms with van der Waals surface area (Å²) >= 11 is 4.30. The topological polar surface area (TPSA) is 114 Å². The molecule has 0 spiro atoms. The van der Waals surface area contributed by atoms with Crippen molar-refractivity contribution in [2.24, 2.45) is 0 Å². The molecule has 10 heteroatoms. The molecule has 1 aliphatic heterocycles. The van der Waals surface area contributed by atoms with E-state index < -0.39 is 59.8 Å². The Morgan fingerprint density at radius 2 is 1.60 bits per heavy atom. The number of ether oxygens (including phenoxy) is 5. The van der Waals surface area contributed by atoms with Gasteiger partial charge in [-0.25, -0.2) is 0 Å². The molecule has 1 unspecified atom stereocenters. The highest BCUT2D eigenvalue weighted by Gasteiger charge is 2.62. The van der Waals surface area contributed by atoms with Crippen molar-refractivity contribution in [2.45, 2.75) is 57.0 Å². The van der Waals surface area contributed by atoms with Crippen LogP contribution in [0.3, 0.4) is 0 Å². The molecule has 1 aromatic carbocycles. The van der Waals surface area contributed by atoms with E-state index in [1.165, 1.54) is 12.1 Å². The van der Waals surface area contributed by atoms with Crippen LogP contribution in [0.4, 0.5) is 0 Å². The van der Waals surface area contributed by atoms with E-state index in [0.29, 0.717) is 0 Å². The lowest BCUT2D eigenvalue weighted by atomic mass is 9.81. The van der Waals surface area contributed by atoms with Crippen LogP contribution in [-0.4, -0.2) is 54.2 Å². The number of carbonyl (C=O) groups excluding carboxylic acids is 4. The lowest BCUT2D eigenvalue weighted by molar-refractivity contribution is -0.274. The molecule has 0 aromatic heterocycles. The van der Waals surface area contributed by atoms with E-state index in [1.807, 2.05) is 0 Å². The van der Waals surface area contributed by atoms with Crippen molar-refractivity contribution < 1.29 is 44.2 Å². The summed E-state index contributed by atoms with van der Waals surface area (Å²) in [5, 5.41) is 0. The molecule has 9 nitrogen and oxygen atoms in total. The average molecular weight is 441 g/mol. The highest BCUT2D eigenvalue weighted by atomic mass is 32.1. The normalized spacial score (nSPS) is 31.1. The number of rotatable bonds is 6. The van der Waals surface area contributed by atoms with Crippen LogP contribution in [0.1, 0.15) is 34.6 Å². The van der Waals surface area contributed by atoms with Crippen molar-refractivity contribution in [3.8, 4) is 0 Å². The van der Waals surface area contributed by atoms with Crippen molar-refractivity contribution in [1.82, 2.24) is 0 Å². The van der Waals surface area contributed by atoms with E-state index in [4.69, 9.17) is 25.1 Å². The Kier molecular flexibility index (Phi) is 7.33. The van der Waals surface area contributed by atoms with E-state index in [0.717, 1.165) is 27.7 Å². The van der Waals surface area contributed by atoms with Gasteiger partial charge in [-0.05, 0) is 0 Å². The van der Waals surface area contributed by atoms with E-state index in [2.05, 4.69) is 12.6 Å². The second kappa shape index (κ2) is 9.94. The van der Waals surface area contributed by atoms with Gasteiger partial charge < -0.3 is 23.7 Å². The minimum Gasteiger partial charge on any atom is -0.463 e. The van der Waals surface area contributed by atoms with Gasteiger partial charge in [-0.15, -0.1) is 12.6 Å². The molecule has 0 saturated carbocycles. The van der Waals surface area contributed by atoms with Gasteiger partial charge in [-0.2, -0.15) is 0 Å². The monoisotopic (exact) mass is 441 g/mol. The highest BCUT2D eigenvalue weighted by Crippen LogP contribution is 2.45. The average Bonchev–Trinajstić information content (AvgIpc) is 2.65. The first-order valence-electron chi connectivity index (χ1n) is 9.53. The predicted molar refractivity (Wildman–Crippen MR) is 105 cm³/mol. The first-order chi connectivity index (χ1) is 14.4. The maximum atomic E-state index is 12.1. The van der Waals surface area contributed by atoms with E-state index in [-0.39, 0.29) is 5.56 Å². The van der Waals surface area contributed by atoms with Gasteiger partial charge >= 0.3 is 23.9 Å². The Bertz CT molecular complexity index is 844. The molecule has 0 radical (unpaired) electrons. The number of hydrogen-bond acceptors (Lipinski definition) is 10. The van der Waals surface area contributed by atoms with Gasteiger partial charge in [-0.1, -0.05) is 30.3 Å². The number of carbonyl (C=O) groups is 4. The van der Waals surface area contributed by atoms with Crippen molar-refractivity contribution in [3.05, 3.63) is 35.9 Å². The maximum absolute atomic E-state index is 12.1. The Balaban J connectivity index is 2.75. The molecule has 2 rings (SSSR count). The molecule has 5 atom stereocenters. The molecule has 1 aromatic rings. The Labute approximate surface area is 180 Å². The zero-order valence-corrected chi connectivity index (χ0v) is 17.8. The van der Waals surface area contributed by atoms with Gasteiger partial charge in [0.25, 0.3) is 0 Å². The van der Waals surface area contributed by atoms with E-state index >= 15 is 0 Å². The third kappa shape index (κ3) is 5.31. The van der Waals surface area contributed by atoms with Gasteiger partial charge in [0.15, 0.2) is 12.2 Å². The molecule has 1 aliphatic rings. The van der Waals surface area contributed by atoms with Crippen LogP contribution < -0.4 is 0 Å². The predicted octanol–water partition coefficient (Wildman–Crippen LogP) is 1.53. The Hall–Kier alpha value is -2.59. The molecule has 1 fully saturated rings. The Morgan fingerprint density at radius 1 is 1.00 bits per heavy atom. The molecule has 30 heavy (non-hydrogen) atoms. The van der Waals surface area contributed by atoms with Gasteiger partial charge in [0.05, 0.1) is 1.37 Å². The van der Waals surface area contributed by atoms with Gasteiger partial charge in [0.2, 0.25) is 5.60 Å². The second-order valence-electron chi connectivity index (χ2n) is 6.56. The highest BCUT2D eigenvalue weighted by molar-refractivity contribution is 7.80. The van der Waals surface area contributed by atoms with Crippen molar-refractivity contribution in [1.29, 1.82) is 0 Å². The molecule has 0 N–H and O–H groups in total. The molecular formula is C20H24O9S. The first-order valence-corrected chi connectivity index (χ1v) is 9.48. The molecule has 164 valence electrons. The minimum absolute atomic E-state index is 0.213. The van der Waals surface area contributed by atoms with Crippen molar-refractivity contribution in [2.75, 3.05) is 6.61 Å². The number of benzene rings is 1. The third-order valence-electron chi connectivity index (χ3n) is 4.20. The summed E-state index contributed by atoms with van der Waals surface area (Å²) in [6.45, 7) is 4.05. The number of thiol groups is 1. The van der Waals surface area contributed by atoms with Crippen LogP contribution in [0.2, 0.25) is 0 Å². The van der Waals surface area contributed by atoms with Crippen LogP contribution >= 0.6 is 12.6 Å². The summed E-state index contributed by atoms with van der Waals surface area (Å²) in [6.07, 6.45) is -4.20. The zero-order chi connectivity index (χ0) is 23.4. The molecule has 1 heterocycles. The molecular weight excluding hydrogens is 416 g/mol. The van der Waals surface area contributed by atoms with Crippen molar-refractivity contribution in [3.63, 3.8) is 0 Å². The van der Waals surface area contributed by atoms with E-state index in [9.17, 15) is 19.2 Å². The van der Waals surface area contributed by atoms with Crippen molar-refractivity contribution >= 4 is 36.5 Å². The van der Waals surface area contributed by atoms with Gasteiger partial charge in [0.1, 0.15) is 18.1 Å². The van der Waals surface area contributed by atoms with Crippen LogP contribution in [-0.2, 0) is 48.5 Å². The Morgan fingerprint density at radius 3 is 2.10 bits per heavy atom. The summed E-state index contributed by atoms with van der Waals surface area (Å²) in [7, 11) is 0. The fourth-order valence-corrected chi connectivity index (χ4v) is 3.63. The summed E-state index contributed by atoms with van der Waals surface area (Å²) in [6, 6.07) is 7.97. The minimum atomic E-state index is -2.35. The van der Waals surface area contributed by atoms with Crippen LogP contribution in [0.15, 0.2) is 30.3 Å². The summed E-state index contributed by atoms with van der Waals surface area (Å²) in [4.78, 5) is 47.3. The van der Waals surface area contributed by atoms with E-state index in [1.54, 1.807) is 18.2 Å². The third-order valence-corrected chi connectivity index (χ3v) is 4.64. The van der Waals surface area contributed by atoms with Gasteiger partial charge in [-0.3, -0.25) is 19.2 Å². The fourth-order valence-electron chi connectivity index (χ4n) is 3.19. The zero-order valence-electron chi connectivity index (χ0n) is 17.9. The lowest BCUT2D eigenvalue weighted by Gasteiger charge is -2.50.